The van der Waals surface area contributed by atoms with Crippen LogP contribution in [0.5, 0.6) is 0 Å². The van der Waals surface area contributed by atoms with Gasteiger partial charge in [0.05, 0.1) is 4.90 Å². The van der Waals surface area contributed by atoms with Crippen molar-refractivity contribution in [3.05, 3.63) is 65.5 Å². The molecule has 2 N–H and O–H groups in total. The maximum atomic E-state index is 12.9. The molecule has 0 saturated heterocycles. The first-order valence-electron chi connectivity index (χ1n) is 7.74. The Hall–Kier alpha value is -1.76. The predicted molar refractivity (Wildman–Crippen MR) is 93.5 cm³/mol. The molecule has 4 nitrogen and oxygen atoms in total. The van der Waals surface area contributed by atoms with Crippen LogP contribution in [0.15, 0.2) is 53.4 Å². The molecule has 0 unspecified atom stereocenters. The maximum Gasteiger partial charge on any atom is 0.240 e. The standard InChI is InChI=1S/C18H23FN2O2S/c1-18(2,3)20-12-14-6-10-17(11-7-14)24(22,23)21-13-15-4-8-16(19)9-5-15/h4-11,20-21H,12-13H2,1-3H3. The van der Waals surface area contributed by atoms with Gasteiger partial charge in [0.15, 0.2) is 0 Å². The molecule has 0 radical (unpaired) electrons. The quantitative estimate of drug-likeness (QED) is 0.841. The monoisotopic (exact) mass is 350 g/mol. The molecule has 130 valence electrons. The van der Waals surface area contributed by atoms with Crippen LogP contribution in [0.4, 0.5) is 4.39 Å². The van der Waals surface area contributed by atoms with Crippen molar-refractivity contribution in [3.8, 4) is 0 Å². The van der Waals surface area contributed by atoms with E-state index in [0.29, 0.717) is 12.1 Å². The summed E-state index contributed by atoms with van der Waals surface area (Å²) < 4.78 is 40.0. The van der Waals surface area contributed by atoms with E-state index in [4.69, 9.17) is 0 Å². The summed E-state index contributed by atoms with van der Waals surface area (Å²) >= 11 is 0. The predicted octanol–water partition coefficient (Wildman–Crippen LogP) is 3.19. The van der Waals surface area contributed by atoms with Crippen LogP contribution < -0.4 is 10.0 Å². The van der Waals surface area contributed by atoms with E-state index in [-0.39, 0.29) is 22.8 Å². The van der Waals surface area contributed by atoms with Crippen molar-refractivity contribution in [2.75, 3.05) is 0 Å². The number of halogens is 1. The normalized spacial score (nSPS) is 12.3. The molecule has 24 heavy (non-hydrogen) atoms. The van der Waals surface area contributed by atoms with Crippen LogP contribution in [0.25, 0.3) is 0 Å². The Bertz CT molecular complexity index is 764. The highest BCUT2D eigenvalue weighted by Crippen LogP contribution is 2.12. The SMILES string of the molecule is CC(C)(C)NCc1ccc(S(=O)(=O)NCc2ccc(F)cc2)cc1. The molecule has 0 fully saturated rings. The summed E-state index contributed by atoms with van der Waals surface area (Å²) in [7, 11) is -3.59. The molecule has 0 aliphatic carbocycles. The van der Waals surface area contributed by atoms with E-state index in [0.717, 1.165) is 5.56 Å². The number of benzene rings is 2. The summed E-state index contributed by atoms with van der Waals surface area (Å²) in [6, 6.07) is 12.5. The number of hydrogen-bond donors (Lipinski definition) is 2. The lowest BCUT2D eigenvalue weighted by molar-refractivity contribution is 0.424. The number of nitrogens with one attached hydrogen (secondary N) is 2. The fourth-order valence-electron chi connectivity index (χ4n) is 2.02. The Balaban J connectivity index is 1.99. The molecule has 0 heterocycles. The number of sulfonamides is 1. The molecule has 0 aromatic heterocycles. The van der Waals surface area contributed by atoms with Crippen molar-refractivity contribution in [2.45, 2.75) is 44.3 Å². The number of hydrogen-bond acceptors (Lipinski definition) is 3. The average Bonchev–Trinajstić information content (AvgIpc) is 2.52. The van der Waals surface area contributed by atoms with Crippen LogP contribution >= 0.6 is 0 Å². The Morgan fingerprint density at radius 2 is 1.38 bits per heavy atom. The van der Waals surface area contributed by atoms with E-state index in [2.05, 4.69) is 30.8 Å². The highest BCUT2D eigenvalue weighted by molar-refractivity contribution is 7.89. The first-order chi connectivity index (χ1) is 11.2. The second-order valence-electron chi connectivity index (χ2n) is 6.70. The van der Waals surface area contributed by atoms with Gasteiger partial charge in [0.2, 0.25) is 10.0 Å². The second kappa shape index (κ2) is 7.42. The van der Waals surface area contributed by atoms with E-state index >= 15 is 0 Å². The highest BCUT2D eigenvalue weighted by atomic mass is 32.2. The summed E-state index contributed by atoms with van der Waals surface area (Å²) in [6.07, 6.45) is 0. The van der Waals surface area contributed by atoms with Crippen LogP contribution in [0.2, 0.25) is 0 Å². The van der Waals surface area contributed by atoms with E-state index < -0.39 is 10.0 Å². The van der Waals surface area contributed by atoms with Gasteiger partial charge in [-0.05, 0) is 56.2 Å². The summed E-state index contributed by atoms with van der Waals surface area (Å²) in [5.41, 5.74) is 1.72. The highest BCUT2D eigenvalue weighted by Gasteiger charge is 2.14. The van der Waals surface area contributed by atoms with Crippen molar-refractivity contribution in [3.63, 3.8) is 0 Å². The van der Waals surface area contributed by atoms with Crippen LogP contribution in [-0.4, -0.2) is 14.0 Å². The Labute approximate surface area is 143 Å². The van der Waals surface area contributed by atoms with Gasteiger partial charge in [-0.25, -0.2) is 17.5 Å². The van der Waals surface area contributed by atoms with Gasteiger partial charge in [-0.3, -0.25) is 0 Å². The fourth-order valence-corrected chi connectivity index (χ4v) is 3.04. The zero-order valence-corrected chi connectivity index (χ0v) is 15.0. The Kier molecular flexibility index (Phi) is 5.74. The van der Waals surface area contributed by atoms with Crippen molar-refractivity contribution >= 4 is 10.0 Å². The lowest BCUT2D eigenvalue weighted by atomic mass is 10.1. The lowest BCUT2D eigenvalue weighted by Gasteiger charge is -2.20. The Morgan fingerprint density at radius 3 is 1.92 bits per heavy atom. The second-order valence-corrected chi connectivity index (χ2v) is 8.47. The van der Waals surface area contributed by atoms with Gasteiger partial charge in [0, 0.05) is 18.6 Å². The summed E-state index contributed by atoms with van der Waals surface area (Å²) in [6.45, 7) is 7.02. The van der Waals surface area contributed by atoms with Gasteiger partial charge in [-0.15, -0.1) is 0 Å². The van der Waals surface area contributed by atoms with Crippen LogP contribution in [-0.2, 0) is 23.1 Å². The summed E-state index contributed by atoms with van der Waals surface area (Å²) in [4.78, 5) is 0.212. The topological polar surface area (TPSA) is 58.2 Å². The van der Waals surface area contributed by atoms with Gasteiger partial charge in [0.25, 0.3) is 0 Å². The van der Waals surface area contributed by atoms with Crippen molar-refractivity contribution in [2.24, 2.45) is 0 Å². The molecule has 0 saturated carbocycles. The van der Waals surface area contributed by atoms with Crippen molar-refractivity contribution in [1.29, 1.82) is 0 Å². The lowest BCUT2D eigenvalue weighted by Crippen LogP contribution is -2.35. The molecular weight excluding hydrogens is 327 g/mol. The van der Waals surface area contributed by atoms with Gasteiger partial charge < -0.3 is 5.32 Å². The largest absolute Gasteiger partial charge is 0.308 e. The molecule has 2 aromatic carbocycles. The van der Waals surface area contributed by atoms with Crippen LogP contribution in [0.1, 0.15) is 31.9 Å². The molecule has 0 aliphatic rings. The smallest absolute Gasteiger partial charge is 0.240 e. The third-order valence-corrected chi connectivity index (χ3v) is 4.85. The Morgan fingerprint density at radius 1 is 0.875 bits per heavy atom. The molecule has 2 rings (SSSR count). The van der Waals surface area contributed by atoms with Crippen molar-refractivity contribution < 1.29 is 12.8 Å². The molecule has 0 bridgehead atoms. The molecule has 2 aromatic rings. The minimum Gasteiger partial charge on any atom is -0.308 e. The molecule has 0 amide bonds. The average molecular weight is 350 g/mol. The first-order valence-corrected chi connectivity index (χ1v) is 9.22. The number of rotatable bonds is 6. The zero-order chi connectivity index (χ0) is 17.8. The summed E-state index contributed by atoms with van der Waals surface area (Å²) in [5.74, 6) is -0.346. The molecule has 6 heteroatoms. The van der Waals surface area contributed by atoms with E-state index in [9.17, 15) is 12.8 Å². The minimum absolute atomic E-state index is 0.00145. The van der Waals surface area contributed by atoms with E-state index in [1.807, 2.05) is 0 Å². The maximum absolute atomic E-state index is 12.9. The van der Waals surface area contributed by atoms with Crippen LogP contribution in [0.3, 0.4) is 0 Å². The first kappa shape index (κ1) is 18.6. The minimum atomic E-state index is -3.59. The van der Waals surface area contributed by atoms with Gasteiger partial charge in [-0.2, -0.15) is 0 Å². The van der Waals surface area contributed by atoms with E-state index in [1.165, 1.54) is 12.1 Å². The van der Waals surface area contributed by atoms with Crippen LogP contribution in [0, 0.1) is 5.82 Å². The summed E-state index contributed by atoms with van der Waals surface area (Å²) in [5, 5.41) is 3.35. The van der Waals surface area contributed by atoms with E-state index in [1.54, 1.807) is 36.4 Å². The molecular formula is C18H23FN2O2S. The van der Waals surface area contributed by atoms with Gasteiger partial charge >= 0.3 is 0 Å². The van der Waals surface area contributed by atoms with Gasteiger partial charge in [-0.1, -0.05) is 24.3 Å². The zero-order valence-electron chi connectivity index (χ0n) is 14.1. The molecule has 0 aliphatic heterocycles. The van der Waals surface area contributed by atoms with Crippen molar-refractivity contribution in [1.82, 2.24) is 10.0 Å². The molecule has 0 atom stereocenters. The molecule has 0 spiro atoms. The fraction of sp³-hybridized carbons (Fsp3) is 0.333. The van der Waals surface area contributed by atoms with Gasteiger partial charge in [0.1, 0.15) is 5.82 Å². The third kappa shape index (κ3) is 5.70. The third-order valence-electron chi connectivity index (χ3n) is 3.44.